The van der Waals surface area contributed by atoms with Gasteiger partial charge in [0.1, 0.15) is 5.75 Å². The molecule has 3 rings (SSSR count). The Kier molecular flexibility index (Phi) is 8.44. The molecule has 0 aromatic heterocycles. The molecule has 0 atom stereocenters. The van der Waals surface area contributed by atoms with Gasteiger partial charge in [0.05, 0.1) is 6.61 Å². The molecule has 1 aromatic carbocycles. The maximum atomic E-state index is 13.3. The van der Waals surface area contributed by atoms with E-state index in [1.807, 2.05) is 30.3 Å². The number of carbonyl (C=O) groups excluding carboxylic acids is 1. The first-order valence-electron chi connectivity index (χ1n) is 11.5. The van der Waals surface area contributed by atoms with Gasteiger partial charge in [0.2, 0.25) is 5.91 Å². The molecule has 0 spiro atoms. The quantitative estimate of drug-likeness (QED) is 0.385. The van der Waals surface area contributed by atoms with Crippen LogP contribution in [0.1, 0.15) is 89.5 Å². The standard InChI is InChI=1S/C25H37NO2/c1-2-3-20-28-24-17-11-10-12-21(24)18-19-25(27)26(22-13-6-4-7-14-22)23-15-8-5-9-16-23/h10-12,17-19,22-23H,2-9,13-16,20H2,1H3/b19-18+. The Morgan fingerprint density at radius 3 is 2.21 bits per heavy atom. The first-order chi connectivity index (χ1) is 13.8. The van der Waals surface area contributed by atoms with Gasteiger partial charge in [0, 0.05) is 23.7 Å². The van der Waals surface area contributed by atoms with Crippen molar-refractivity contribution in [1.82, 2.24) is 4.90 Å². The molecule has 2 aliphatic rings. The van der Waals surface area contributed by atoms with E-state index in [9.17, 15) is 4.79 Å². The van der Waals surface area contributed by atoms with Gasteiger partial charge in [-0.3, -0.25) is 4.79 Å². The van der Waals surface area contributed by atoms with Crippen LogP contribution >= 0.6 is 0 Å². The van der Waals surface area contributed by atoms with Crippen molar-refractivity contribution in [3.05, 3.63) is 35.9 Å². The highest BCUT2D eigenvalue weighted by Crippen LogP contribution is 2.31. The number of para-hydroxylation sites is 1. The molecular weight excluding hydrogens is 346 g/mol. The largest absolute Gasteiger partial charge is 0.493 e. The Balaban J connectivity index is 1.72. The van der Waals surface area contributed by atoms with Gasteiger partial charge in [-0.2, -0.15) is 0 Å². The summed E-state index contributed by atoms with van der Waals surface area (Å²) in [6.45, 7) is 2.89. The molecule has 1 amide bonds. The van der Waals surface area contributed by atoms with Gasteiger partial charge in [0.15, 0.2) is 0 Å². The van der Waals surface area contributed by atoms with Gasteiger partial charge in [0.25, 0.3) is 0 Å². The van der Waals surface area contributed by atoms with E-state index < -0.39 is 0 Å². The molecule has 0 aliphatic heterocycles. The fourth-order valence-corrected chi connectivity index (χ4v) is 4.70. The van der Waals surface area contributed by atoms with Crippen LogP contribution in [0.3, 0.4) is 0 Å². The molecule has 0 N–H and O–H groups in total. The molecule has 2 aliphatic carbocycles. The summed E-state index contributed by atoms with van der Waals surface area (Å²) < 4.78 is 5.93. The van der Waals surface area contributed by atoms with Crippen LogP contribution in [0.2, 0.25) is 0 Å². The Morgan fingerprint density at radius 2 is 1.61 bits per heavy atom. The molecule has 154 valence electrons. The summed E-state index contributed by atoms with van der Waals surface area (Å²) in [4.78, 5) is 15.5. The van der Waals surface area contributed by atoms with Crippen LogP contribution in [0.15, 0.2) is 30.3 Å². The summed E-state index contributed by atoms with van der Waals surface area (Å²) in [5.74, 6) is 1.07. The molecule has 2 fully saturated rings. The number of hydrogen-bond donors (Lipinski definition) is 0. The van der Waals surface area contributed by atoms with Crippen molar-refractivity contribution >= 4 is 12.0 Å². The van der Waals surface area contributed by atoms with E-state index in [1.165, 1.54) is 64.2 Å². The van der Waals surface area contributed by atoms with Crippen molar-refractivity contribution in [2.45, 2.75) is 96.1 Å². The summed E-state index contributed by atoms with van der Waals surface area (Å²) in [5.41, 5.74) is 0.999. The smallest absolute Gasteiger partial charge is 0.247 e. The van der Waals surface area contributed by atoms with Crippen LogP contribution in [0.5, 0.6) is 5.75 Å². The van der Waals surface area contributed by atoms with E-state index in [1.54, 1.807) is 6.08 Å². The topological polar surface area (TPSA) is 29.5 Å². The lowest BCUT2D eigenvalue weighted by Crippen LogP contribution is -2.48. The lowest BCUT2D eigenvalue weighted by Gasteiger charge is -2.41. The number of amides is 1. The molecule has 0 heterocycles. The SMILES string of the molecule is CCCCOc1ccccc1/C=C/C(=O)N(C1CCCCC1)C1CCCCC1. The van der Waals surface area contributed by atoms with Crippen LogP contribution in [0.25, 0.3) is 6.08 Å². The van der Waals surface area contributed by atoms with Crippen molar-refractivity contribution < 1.29 is 9.53 Å². The zero-order valence-electron chi connectivity index (χ0n) is 17.6. The van der Waals surface area contributed by atoms with Gasteiger partial charge >= 0.3 is 0 Å². The molecular formula is C25H37NO2. The minimum atomic E-state index is 0.196. The van der Waals surface area contributed by atoms with Gasteiger partial charge in [-0.1, -0.05) is 70.1 Å². The van der Waals surface area contributed by atoms with Crippen LogP contribution in [0, 0.1) is 0 Å². The average Bonchev–Trinajstić information content (AvgIpc) is 2.75. The van der Waals surface area contributed by atoms with Crippen molar-refractivity contribution in [1.29, 1.82) is 0 Å². The van der Waals surface area contributed by atoms with E-state index in [-0.39, 0.29) is 5.91 Å². The number of ether oxygens (including phenoxy) is 1. The molecule has 0 saturated heterocycles. The van der Waals surface area contributed by atoms with Crippen molar-refractivity contribution in [3.8, 4) is 5.75 Å². The lowest BCUT2D eigenvalue weighted by molar-refractivity contribution is -0.132. The van der Waals surface area contributed by atoms with E-state index in [4.69, 9.17) is 4.74 Å². The molecule has 3 nitrogen and oxygen atoms in total. The summed E-state index contributed by atoms with van der Waals surface area (Å²) in [7, 11) is 0. The van der Waals surface area contributed by atoms with Crippen LogP contribution in [-0.2, 0) is 4.79 Å². The maximum absolute atomic E-state index is 13.3. The van der Waals surface area contributed by atoms with Gasteiger partial charge in [-0.05, 0) is 44.2 Å². The van der Waals surface area contributed by atoms with E-state index in [0.717, 1.165) is 30.8 Å². The molecule has 0 unspecified atom stereocenters. The Morgan fingerprint density at radius 1 is 1.00 bits per heavy atom. The molecule has 28 heavy (non-hydrogen) atoms. The predicted octanol–water partition coefficient (Wildman–Crippen LogP) is 6.37. The average molecular weight is 384 g/mol. The zero-order chi connectivity index (χ0) is 19.6. The molecule has 1 aromatic rings. The highest BCUT2D eigenvalue weighted by Gasteiger charge is 2.31. The molecule has 3 heteroatoms. The minimum absolute atomic E-state index is 0.196. The fraction of sp³-hybridized carbons (Fsp3) is 0.640. The fourth-order valence-electron chi connectivity index (χ4n) is 4.70. The Bertz CT molecular complexity index is 609. The van der Waals surface area contributed by atoms with Crippen molar-refractivity contribution in [2.24, 2.45) is 0 Å². The summed E-state index contributed by atoms with van der Waals surface area (Å²) in [6, 6.07) is 8.92. The number of benzene rings is 1. The third kappa shape index (κ3) is 5.86. The number of rotatable bonds is 8. The number of nitrogens with zero attached hydrogens (tertiary/aromatic N) is 1. The first-order valence-corrected chi connectivity index (χ1v) is 11.5. The van der Waals surface area contributed by atoms with Crippen LogP contribution in [-0.4, -0.2) is 29.5 Å². The highest BCUT2D eigenvalue weighted by atomic mass is 16.5. The van der Waals surface area contributed by atoms with Crippen molar-refractivity contribution in [2.75, 3.05) is 6.61 Å². The van der Waals surface area contributed by atoms with E-state index in [2.05, 4.69) is 11.8 Å². The minimum Gasteiger partial charge on any atom is -0.493 e. The maximum Gasteiger partial charge on any atom is 0.247 e. The van der Waals surface area contributed by atoms with E-state index >= 15 is 0 Å². The van der Waals surface area contributed by atoms with Gasteiger partial charge in [-0.25, -0.2) is 0 Å². The van der Waals surface area contributed by atoms with Crippen LogP contribution in [0.4, 0.5) is 0 Å². The molecule has 0 radical (unpaired) electrons. The second-order valence-electron chi connectivity index (χ2n) is 8.40. The number of carbonyl (C=O) groups is 1. The Labute approximate surface area is 171 Å². The van der Waals surface area contributed by atoms with Crippen molar-refractivity contribution in [3.63, 3.8) is 0 Å². The Hall–Kier alpha value is -1.77. The van der Waals surface area contributed by atoms with Crippen LogP contribution < -0.4 is 4.74 Å². The zero-order valence-corrected chi connectivity index (χ0v) is 17.6. The lowest BCUT2D eigenvalue weighted by atomic mass is 9.88. The molecule has 0 bridgehead atoms. The molecule has 2 saturated carbocycles. The normalized spacial score (nSPS) is 19.0. The summed E-state index contributed by atoms with van der Waals surface area (Å²) in [6.07, 6.45) is 18.3. The second-order valence-corrected chi connectivity index (χ2v) is 8.40. The third-order valence-corrected chi connectivity index (χ3v) is 6.27. The first kappa shape index (κ1) is 21.0. The number of unbranched alkanes of at least 4 members (excludes halogenated alkanes) is 1. The third-order valence-electron chi connectivity index (χ3n) is 6.27. The van der Waals surface area contributed by atoms with E-state index in [0.29, 0.717) is 12.1 Å². The second kappa shape index (κ2) is 11.3. The number of hydrogen-bond acceptors (Lipinski definition) is 2. The summed E-state index contributed by atoms with van der Waals surface area (Å²) in [5, 5.41) is 0. The van der Waals surface area contributed by atoms with Gasteiger partial charge in [-0.15, -0.1) is 0 Å². The monoisotopic (exact) mass is 383 g/mol. The predicted molar refractivity (Wildman–Crippen MR) is 116 cm³/mol. The summed E-state index contributed by atoms with van der Waals surface area (Å²) >= 11 is 0. The highest BCUT2D eigenvalue weighted by molar-refractivity contribution is 5.92. The van der Waals surface area contributed by atoms with Gasteiger partial charge < -0.3 is 9.64 Å².